The normalized spacial score (nSPS) is 11.5. The molecule has 0 fully saturated rings. The van der Waals surface area contributed by atoms with Gasteiger partial charge in [-0.2, -0.15) is 5.10 Å². The van der Waals surface area contributed by atoms with Crippen molar-refractivity contribution >= 4 is 28.7 Å². The Morgan fingerprint density at radius 1 is 0.846 bits per heavy atom. The summed E-state index contributed by atoms with van der Waals surface area (Å²) in [5.41, 5.74) is 8.62. The number of rotatable bonds is 7. The lowest BCUT2D eigenvalue weighted by Gasteiger charge is -2.18. The minimum absolute atomic E-state index is 0.0228. The van der Waals surface area contributed by atoms with Crippen LogP contribution >= 0.6 is 11.3 Å². The summed E-state index contributed by atoms with van der Waals surface area (Å²) >= 11 is 1.55. The third-order valence-electron chi connectivity index (χ3n) is 6.14. The molecule has 0 bridgehead atoms. The quantitative estimate of drug-likeness (QED) is 0.0990. The molecule has 0 aliphatic carbocycles. The molecule has 4 aromatic carbocycles. The SMILES string of the molecule is CC(C)(C)c1ccc(C(=O)Oc2cccc(/C=N\Nc3nc(-c4ccccc4)c(-c4ccccc4)s3)c2)cc1. The fourth-order valence-electron chi connectivity index (χ4n) is 4.04. The molecular formula is C33H29N3O2S. The number of anilines is 1. The van der Waals surface area contributed by atoms with Crippen molar-refractivity contribution in [1.82, 2.24) is 4.98 Å². The number of hydrogen-bond acceptors (Lipinski definition) is 6. The fraction of sp³-hybridized carbons (Fsp3) is 0.121. The third-order valence-corrected chi connectivity index (χ3v) is 7.15. The second-order valence-electron chi connectivity index (χ2n) is 10.1. The van der Waals surface area contributed by atoms with Crippen LogP contribution in [0.4, 0.5) is 5.13 Å². The lowest BCUT2D eigenvalue weighted by Crippen LogP contribution is -2.13. The van der Waals surface area contributed by atoms with Gasteiger partial charge in [0.05, 0.1) is 22.3 Å². The van der Waals surface area contributed by atoms with Crippen LogP contribution in [0.25, 0.3) is 21.7 Å². The standard InChI is InChI=1S/C33H29N3O2S/c1-33(2,3)27-19-17-26(18-20-27)31(37)38-28-16-10-11-23(21-28)22-34-36-32-35-29(24-12-6-4-7-13-24)30(39-32)25-14-8-5-9-15-25/h4-22H,1-3H3,(H,35,36)/b34-22-. The Labute approximate surface area is 232 Å². The molecule has 0 saturated heterocycles. The molecule has 0 radical (unpaired) electrons. The Morgan fingerprint density at radius 2 is 1.51 bits per heavy atom. The van der Waals surface area contributed by atoms with Crippen LogP contribution in [0.1, 0.15) is 42.3 Å². The smallest absolute Gasteiger partial charge is 0.343 e. The van der Waals surface area contributed by atoms with E-state index in [9.17, 15) is 4.79 Å². The van der Waals surface area contributed by atoms with Crippen LogP contribution < -0.4 is 10.2 Å². The maximum Gasteiger partial charge on any atom is 0.343 e. The van der Waals surface area contributed by atoms with Gasteiger partial charge in [0.15, 0.2) is 0 Å². The average molecular weight is 532 g/mol. The number of hydrogen-bond donors (Lipinski definition) is 1. The van der Waals surface area contributed by atoms with Crippen molar-refractivity contribution in [2.24, 2.45) is 5.10 Å². The van der Waals surface area contributed by atoms with Crippen molar-refractivity contribution in [2.75, 3.05) is 5.43 Å². The highest BCUT2D eigenvalue weighted by molar-refractivity contribution is 7.19. The monoisotopic (exact) mass is 531 g/mol. The number of hydrazone groups is 1. The first kappa shape index (κ1) is 26.1. The Balaban J connectivity index is 1.29. The van der Waals surface area contributed by atoms with Gasteiger partial charge in [-0.05, 0) is 46.4 Å². The van der Waals surface area contributed by atoms with Gasteiger partial charge in [0, 0.05) is 5.56 Å². The Hall–Kier alpha value is -4.55. The van der Waals surface area contributed by atoms with E-state index >= 15 is 0 Å². The van der Waals surface area contributed by atoms with Crippen molar-refractivity contribution in [3.63, 3.8) is 0 Å². The zero-order valence-corrected chi connectivity index (χ0v) is 22.9. The number of thiazole rings is 1. The van der Waals surface area contributed by atoms with Crippen LogP contribution in [0.5, 0.6) is 5.75 Å². The van der Waals surface area contributed by atoms with E-state index in [4.69, 9.17) is 9.72 Å². The van der Waals surface area contributed by atoms with E-state index in [0.717, 1.165) is 32.8 Å². The first-order valence-electron chi connectivity index (χ1n) is 12.7. The number of nitrogens with zero attached hydrogens (tertiary/aromatic N) is 2. The topological polar surface area (TPSA) is 63.6 Å². The van der Waals surface area contributed by atoms with Crippen LogP contribution in [0.3, 0.4) is 0 Å². The van der Waals surface area contributed by atoms with E-state index in [1.165, 1.54) is 0 Å². The minimum atomic E-state index is -0.396. The molecule has 0 aliphatic rings. The van der Waals surface area contributed by atoms with Crippen molar-refractivity contribution < 1.29 is 9.53 Å². The van der Waals surface area contributed by atoms with E-state index in [-0.39, 0.29) is 5.41 Å². The van der Waals surface area contributed by atoms with Crippen LogP contribution in [0.15, 0.2) is 114 Å². The Morgan fingerprint density at radius 3 is 2.18 bits per heavy atom. The molecule has 0 saturated carbocycles. The molecule has 39 heavy (non-hydrogen) atoms. The van der Waals surface area contributed by atoms with Crippen LogP contribution in [-0.2, 0) is 5.41 Å². The third kappa shape index (κ3) is 6.48. The highest BCUT2D eigenvalue weighted by atomic mass is 32.1. The van der Waals surface area contributed by atoms with Crippen LogP contribution in [0.2, 0.25) is 0 Å². The molecule has 1 heterocycles. The number of nitrogens with one attached hydrogen (secondary N) is 1. The van der Waals surface area contributed by atoms with Gasteiger partial charge in [0.1, 0.15) is 5.75 Å². The number of carbonyl (C=O) groups is 1. The molecule has 0 unspecified atom stereocenters. The number of carbonyl (C=O) groups excluding carboxylic acids is 1. The van der Waals surface area contributed by atoms with Gasteiger partial charge in [0.2, 0.25) is 5.13 Å². The molecule has 0 atom stereocenters. The maximum absolute atomic E-state index is 12.7. The number of aromatic nitrogens is 1. The van der Waals surface area contributed by atoms with Crippen molar-refractivity contribution in [3.05, 3.63) is 126 Å². The summed E-state index contributed by atoms with van der Waals surface area (Å²) in [7, 11) is 0. The predicted octanol–water partition coefficient (Wildman–Crippen LogP) is 8.44. The second-order valence-corrected chi connectivity index (χ2v) is 11.1. The first-order chi connectivity index (χ1) is 18.9. The van der Waals surface area contributed by atoms with Gasteiger partial charge < -0.3 is 4.74 Å². The van der Waals surface area contributed by atoms with Gasteiger partial charge in [-0.15, -0.1) is 0 Å². The number of esters is 1. The van der Waals surface area contributed by atoms with Gasteiger partial charge in [-0.3, -0.25) is 5.43 Å². The molecule has 0 aliphatic heterocycles. The Bertz CT molecular complexity index is 1530. The molecule has 0 amide bonds. The molecule has 194 valence electrons. The van der Waals surface area contributed by atoms with Crippen molar-refractivity contribution in [2.45, 2.75) is 26.2 Å². The summed E-state index contributed by atoms with van der Waals surface area (Å²) in [6, 6.07) is 35.1. The first-order valence-corrected chi connectivity index (χ1v) is 13.5. The molecule has 1 N–H and O–H groups in total. The van der Waals surface area contributed by atoms with E-state index in [0.29, 0.717) is 16.4 Å². The van der Waals surface area contributed by atoms with Gasteiger partial charge in [-0.25, -0.2) is 9.78 Å². The molecule has 1 aromatic heterocycles. The molecule has 5 aromatic rings. The van der Waals surface area contributed by atoms with Crippen LogP contribution in [-0.4, -0.2) is 17.2 Å². The van der Waals surface area contributed by atoms with E-state index in [2.05, 4.69) is 55.6 Å². The molecule has 0 spiro atoms. The fourth-order valence-corrected chi connectivity index (χ4v) is 4.98. The zero-order valence-electron chi connectivity index (χ0n) is 22.1. The van der Waals surface area contributed by atoms with Crippen LogP contribution in [0, 0.1) is 0 Å². The van der Waals surface area contributed by atoms with E-state index < -0.39 is 5.97 Å². The summed E-state index contributed by atoms with van der Waals surface area (Å²) in [6.07, 6.45) is 1.68. The minimum Gasteiger partial charge on any atom is -0.423 e. The maximum atomic E-state index is 12.7. The average Bonchev–Trinajstić information content (AvgIpc) is 3.38. The predicted molar refractivity (Wildman–Crippen MR) is 161 cm³/mol. The lowest BCUT2D eigenvalue weighted by atomic mass is 9.87. The summed E-state index contributed by atoms with van der Waals surface area (Å²) in [4.78, 5) is 18.6. The van der Waals surface area contributed by atoms with E-state index in [1.807, 2.05) is 60.7 Å². The van der Waals surface area contributed by atoms with Gasteiger partial charge >= 0.3 is 5.97 Å². The molecular weight excluding hydrogens is 502 g/mol. The summed E-state index contributed by atoms with van der Waals surface area (Å²) in [5.74, 6) is 0.0585. The van der Waals surface area contributed by atoms with E-state index in [1.54, 1.807) is 41.8 Å². The molecule has 5 nitrogen and oxygen atoms in total. The highest BCUT2D eigenvalue weighted by Crippen LogP contribution is 2.38. The van der Waals surface area contributed by atoms with Crippen molar-refractivity contribution in [3.8, 4) is 27.4 Å². The highest BCUT2D eigenvalue weighted by Gasteiger charge is 2.16. The van der Waals surface area contributed by atoms with Gasteiger partial charge in [0.25, 0.3) is 0 Å². The second kappa shape index (κ2) is 11.5. The summed E-state index contributed by atoms with van der Waals surface area (Å²) in [6.45, 7) is 6.42. The Kier molecular flexibility index (Phi) is 7.66. The number of benzene rings is 4. The summed E-state index contributed by atoms with van der Waals surface area (Å²) in [5, 5.41) is 5.08. The zero-order chi connectivity index (χ0) is 27.2. The summed E-state index contributed by atoms with van der Waals surface area (Å²) < 4.78 is 5.62. The van der Waals surface area contributed by atoms with Crippen molar-refractivity contribution in [1.29, 1.82) is 0 Å². The molecule has 5 rings (SSSR count). The molecule has 6 heteroatoms. The number of ether oxygens (including phenoxy) is 1. The lowest BCUT2D eigenvalue weighted by molar-refractivity contribution is 0.0734. The van der Waals surface area contributed by atoms with Gasteiger partial charge in [-0.1, -0.05) is 117 Å². The largest absolute Gasteiger partial charge is 0.423 e.